The van der Waals surface area contributed by atoms with Crippen molar-refractivity contribution < 1.29 is 9.53 Å². The molecule has 2 rings (SSSR count). The van der Waals surface area contributed by atoms with Crippen LogP contribution in [0.25, 0.3) is 0 Å². The van der Waals surface area contributed by atoms with E-state index in [-0.39, 0.29) is 11.0 Å². The molecule has 0 spiro atoms. The van der Waals surface area contributed by atoms with Crippen molar-refractivity contribution in [1.29, 1.82) is 0 Å². The van der Waals surface area contributed by atoms with Crippen molar-refractivity contribution in [2.24, 2.45) is 0 Å². The SMILES string of the molecule is CCCOc1cccc(C(=O)NC(=S)Nn2c(C)nnc2SC)c1. The van der Waals surface area contributed by atoms with Gasteiger partial charge in [0.25, 0.3) is 5.91 Å². The third-order valence-electron chi connectivity index (χ3n) is 2.99. The minimum atomic E-state index is -0.314. The number of aryl methyl sites for hydroxylation is 1. The van der Waals surface area contributed by atoms with Crippen molar-refractivity contribution in [2.75, 3.05) is 18.3 Å². The zero-order chi connectivity index (χ0) is 17.5. The maximum Gasteiger partial charge on any atom is 0.257 e. The van der Waals surface area contributed by atoms with Crippen LogP contribution >= 0.6 is 24.0 Å². The van der Waals surface area contributed by atoms with Gasteiger partial charge in [0.05, 0.1) is 6.61 Å². The summed E-state index contributed by atoms with van der Waals surface area (Å²) in [5.74, 6) is 0.986. The number of carbonyl (C=O) groups excluding carboxylic acids is 1. The molecule has 1 heterocycles. The van der Waals surface area contributed by atoms with Crippen LogP contribution in [0.15, 0.2) is 29.4 Å². The van der Waals surface area contributed by atoms with Gasteiger partial charge in [0, 0.05) is 5.56 Å². The summed E-state index contributed by atoms with van der Waals surface area (Å²) >= 11 is 6.61. The standard InChI is InChI=1S/C15H19N5O2S2/c1-4-8-22-12-7-5-6-11(9-12)13(21)16-14(23)19-20-10(2)17-18-15(20)24-3/h5-7,9H,4,8H2,1-3H3,(H2,16,19,21,23). The van der Waals surface area contributed by atoms with E-state index in [9.17, 15) is 4.79 Å². The lowest BCUT2D eigenvalue weighted by Crippen LogP contribution is -2.38. The van der Waals surface area contributed by atoms with Gasteiger partial charge in [-0.2, -0.15) is 0 Å². The number of aromatic nitrogens is 3. The van der Waals surface area contributed by atoms with E-state index in [2.05, 4.69) is 20.9 Å². The second-order valence-electron chi connectivity index (χ2n) is 4.84. The second kappa shape index (κ2) is 8.65. The van der Waals surface area contributed by atoms with Gasteiger partial charge < -0.3 is 4.74 Å². The number of carbonyl (C=O) groups is 1. The normalized spacial score (nSPS) is 10.3. The molecule has 128 valence electrons. The monoisotopic (exact) mass is 365 g/mol. The maximum atomic E-state index is 12.3. The Hall–Kier alpha value is -2.13. The molecule has 7 nitrogen and oxygen atoms in total. The Morgan fingerprint density at radius 3 is 2.92 bits per heavy atom. The Morgan fingerprint density at radius 1 is 1.42 bits per heavy atom. The van der Waals surface area contributed by atoms with Gasteiger partial charge in [-0.25, -0.2) is 4.68 Å². The first-order valence-corrected chi connectivity index (χ1v) is 8.99. The van der Waals surface area contributed by atoms with E-state index >= 15 is 0 Å². The summed E-state index contributed by atoms with van der Waals surface area (Å²) < 4.78 is 7.15. The number of benzene rings is 1. The molecule has 24 heavy (non-hydrogen) atoms. The fourth-order valence-electron chi connectivity index (χ4n) is 1.86. The minimum absolute atomic E-state index is 0.165. The summed E-state index contributed by atoms with van der Waals surface area (Å²) in [5.41, 5.74) is 3.37. The molecule has 1 aromatic carbocycles. The van der Waals surface area contributed by atoms with Gasteiger partial charge in [-0.15, -0.1) is 10.2 Å². The number of hydrogen-bond acceptors (Lipinski definition) is 6. The highest BCUT2D eigenvalue weighted by Crippen LogP contribution is 2.14. The molecule has 0 saturated heterocycles. The average molecular weight is 365 g/mol. The summed E-state index contributed by atoms with van der Waals surface area (Å²) in [6, 6.07) is 6.97. The average Bonchev–Trinajstić information content (AvgIpc) is 2.93. The van der Waals surface area contributed by atoms with Crippen molar-refractivity contribution >= 4 is 35.0 Å². The van der Waals surface area contributed by atoms with Crippen LogP contribution in [-0.2, 0) is 0 Å². The molecular formula is C15H19N5O2S2. The molecule has 0 fully saturated rings. The van der Waals surface area contributed by atoms with Crippen molar-refractivity contribution in [1.82, 2.24) is 20.2 Å². The number of thioether (sulfide) groups is 1. The van der Waals surface area contributed by atoms with Crippen LogP contribution in [0.4, 0.5) is 0 Å². The number of hydrogen-bond donors (Lipinski definition) is 2. The van der Waals surface area contributed by atoms with Gasteiger partial charge in [0.15, 0.2) is 5.11 Å². The fourth-order valence-corrected chi connectivity index (χ4v) is 2.52. The molecule has 1 aromatic heterocycles. The minimum Gasteiger partial charge on any atom is -0.494 e. The molecule has 0 aliphatic heterocycles. The van der Waals surface area contributed by atoms with E-state index in [1.54, 1.807) is 29.8 Å². The Balaban J connectivity index is 2.01. The Labute approximate surface area is 150 Å². The zero-order valence-electron chi connectivity index (χ0n) is 13.7. The highest BCUT2D eigenvalue weighted by Gasteiger charge is 2.12. The zero-order valence-corrected chi connectivity index (χ0v) is 15.3. The number of nitrogens with one attached hydrogen (secondary N) is 2. The van der Waals surface area contributed by atoms with E-state index < -0.39 is 0 Å². The van der Waals surface area contributed by atoms with Crippen LogP contribution in [0.3, 0.4) is 0 Å². The third-order valence-corrected chi connectivity index (χ3v) is 3.81. The van der Waals surface area contributed by atoms with Crippen LogP contribution in [0.1, 0.15) is 29.5 Å². The Kier molecular flexibility index (Phi) is 6.56. The lowest BCUT2D eigenvalue weighted by Gasteiger charge is -2.13. The molecule has 9 heteroatoms. The van der Waals surface area contributed by atoms with Gasteiger partial charge in [-0.05, 0) is 50.0 Å². The van der Waals surface area contributed by atoms with Crippen LogP contribution in [-0.4, -0.2) is 38.8 Å². The first kappa shape index (κ1) is 18.2. The molecule has 0 aliphatic rings. The number of nitrogens with zero attached hydrogens (tertiary/aromatic N) is 3. The lowest BCUT2D eigenvalue weighted by atomic mass is 10.2. The van der Waals surface area contributed by atoms with Crippen LogP contribution in [0.5, 0.6) is 5.75 Å². The van der Waals surface area contributed by atoms with Gasteiger partial charge in [0.2, 0.25) is 5.16 Å². The van der Waals surface area contributed by atoms with Gasteiger partial charge >= 0.3 is 0 Å². The third kappa shape index (κ3) is 4.68. The largest absolute Gasteiger partial charge is 0.494 e. The number of ether oxygens (including phenoxy) is 1. The summed E-state index contributed by atoms with van der Waals surface area (Å²) in [7, 11) is 0. The van der Waals surface area contributed by atoms with Crippen LogP contribution in [0, 0.1) is 6.92 Å². The van der Waals surface area contributed by atoms with Crippen molar-refractivity contribution in [2.45, 2.75) is 25.4 Å². The molecule has 0 atom stereocenters. The van der Waals surface area contributed by atoms with Crippen LogP contribution in [0.2, 0.25) is 0 Å². The molecule has 0 saturated carbocycles. The van der Waals surface area contributed by atoms with E-state index in [1.165, 1.54) is 11.8 Å². The predicted molar refractivity (Wildman–Crippen MR) is 98.2 cm³/mol. The molecule has 1 amide bonds. The molecule has 2 N–H and O–H groups in total. The van der Waals surface area contributed by atoms with E-state index in [0.29, 0.717) is 28.9 Å². The number of thiocarbonyl (C=S) groups is 1. The fraction of sp³-hybridized carbons (Fsp3) is 0.333. The number of amides is 1. The molecule has 0 bridgehead atoms. The highest BCUT2D eigenvalue weighted by atomic mass is 32.2. The predicted octanol–water partition coefficient (Wildman–Crippen LogP) is 2.36. The smallest absolute Gasteiger partial charge is 0.257 e. The lowest BCUT2D eigenvalue weighted by molar-refractivity contribution is 0.0977. The summed E-state index contributed by atoms with van der Waals surface area (Å²) in [4.78, 5) is 12.3. The molecule has 0 aliphatic carbocycles. The molecule has 0 radical (unpaired) electrons. The first-order valence-electron chi connectivity index (χ1n) is 7.36. The van der Waals surface area contributed by atoms with Gasteiger partial charge in [-0.1, -0.05) is 24.8 Å². The van der Waals surface area contributed by atoms with E-state index in [4.69, 9.17) is 17.0 Å². The number of rotatable bonds is 6. The molecule has 2 aromatic rings. The van der Waals surface area contributed by atoms with Gasteiger partial charge in [-0.3, -0.25) is 15.5 Å². The second-order valence-corrected chi connectivity index (χ2v) is 6.02. The van der Waals surface area contributed by atoms with E-state index in [1.807, 2.05) is 19.2 Å². The highest BCUT2D eigenvalue weighted by molar-refractivity contribution is 7.98. The Morgan fingerprint density at radius 2 is 2.21 bits per heavy atom. The molecular weight excluding hydrogens is 346 g/mol. The summed E-state index contributed by atoms with van der Waals surface area (Å²) in [5, 5.41) is 11.4. The topological polar surface area (TPSA) is 81.1 Å². The van der Waals surface area contributed by atoms with Crippen molar-refractivity contribution in [3.05, 3.63) is 35.7 Å². The van der Waals surface area contributed by atoms with Crippen LogP contribution < -0.4 is 15.5 Å². The van der Waals surface area contributed by atoms with Crippen molar-refractivity contribution in [3.63, 3.8) is 0 Å². The van der Waals surface area contributed by atoms with Crippen molar-refractivity contribution in [3.8, 4) is 5.75 Å². The first-order chi connectivity index (χ1) is 11.5. The van der Waals surface area contributed by atoms with Gasteiger partial charge in [0.1, 0.15) is 11.6 Å². The maximum absolute atomic E-state index is 12.3. The van der Waals surface area contributed by atoms with E-state index in [0.717, 1.165) is 6.42 Å². The molecule has 0 unspecified atom stereocenters. The summed E-state index contributed by atoms with van der Waals surface area (Å²) in [6.07, 6.45) is 2.78. The Bertz CT molecular complexity index is 732. The summed E-state index contributed by atoms with van der Waals surface area (Å²) in [6.45, 7) is 4.42. The quantitative estimate of drug-likeness (QED) is 0.601.